The van der Waals surface area contributed by atoms with Crippen LogP contribution in [0.2, 0.25) is 0 Å². The highest BCUT2D eigenvalue weighted by molar-refractivity contribution is 7.80. The molecule has 92 valence electrons. The molecule has 0 aliphatic rings. The minimum absolute atomic E-state index is 0.241. The van der Waals surface area contributed by atoms with Crippen molar-refractivity contribution in [2.45, 2.75) is 13.3 Å². The molecule has 0 radical (unpaired) electrons. The molecule has 5 heteroatoms. The highest BCUT2D eigenvalue weighted by Crippen LogP contribution is 2.22. The van der Waals surface area contributed by atoms with Gasteiger partial charge in [0, 0.05) is 0 Å². The predicted molar refractivity (Wildman–Crippen MR) is 73.8 cm³/mol. The molecular formula is C13H13N3OS. The Labute approximate surface area is 111 Å². The van der Waals surface area contributed by atoms with Crippen molar-refractivity contribution >= 4 is 17.2 Å². The predicted octanol–water partition coefficient (Wildman–Crippen LogP) is 2.47. The van der Waals surface area contributed by atoms with Crippen LogP contribution in [0.3, 0.4) is 0 Å². The summed E-state index contributed by atoms with van der Waals surface area (Å²) in [5, 5.41) is 7.67. The van der Waals surface area contributed by atoms with Crippen LogP contribution in [0.4, 0.5) is 0 Å². The average molecular weight is 259 g/mol. The SMILES string of the molecule is CCc1ccc(Oc2nnccc2C(N)=S)cc1. The van der Waals surface area contributed by atoms with Crippen molar-refractivity contribution in [2.24, 2.45) is 5.73 Å². The lowest BCUT2D eigenvalue weighted by molar-refractivity contribution is 0.454. The van der Waals surface area contributed by atoms with E-state index in [-0.39, 0.29) is 4.99 Å². The Bertz CT molecular complexity index is 554. The zero-order chi connectivity index (χ0) is 13.0. The first-order valence-electron chi connectivity index (χ1n) is 5.59. The highest BCUT2D eigenvalue weighted by atomic mass is 32.1. The zero-order valence-electron chi connectivity index (χ0n) is 9.96. The average Bonchev–Trinajstić information content (AvgIpc) is 2.40. The second-order valence-corrected chi connectivity index (χ2v) is 4.15. The fraction of sp³-hybridized carbons (Fsp3) is 0.154. The van der Waals surface area contributed by atoms with Gasteiger partial charge in [-0.05, 0) is 30.2 Å². The number of hydrogen-bond acceptors (Lipinski definition) is 4. The van der Waals surface area contributed by atoms with Crippen molar-refractivity contribution in [3.8, 4) is 11.6 Å². The lowest BCUT2D eigenvalue weighted by atomic mass is 10.2. The Balaban J connectivity index is 2.25. The van der Waals surface area contributed by atoms with Gasteiger partial charge >= 0.3 is 0 Å². The monoisotopic (exact) mass is 259 g/mol. The number of benzene rings is 1. The lowest BCUT2D eigenvalue weighted by Gasteiger charge is -2.08. The smallest absolute Gasteiger partial charge is 0.249 e. The number of aryl methyl sites for hydroxylation is 1. The van der Waals surface area contributed by atoms with Crippen LogP contribution in [0.25, 0.3) is 0 Å². The van der Waals surface area contributed by atoms with Crippen LogP contribution < -0.4 is 10.5 Å². The molecule has 0 amide bonds. The third-order valence-corrected chi connectivity index (χ3v) is 2.72. The van der Waals surface area contributed by atoms with Gasteiger partial charge in [-0.15, -0.1) is 5.10 Å². The van der Waals surface area contributed by atoms with E-state index in [1.54, 1.807) is 6.07 Å². The summed E-state index contributed by atoms with van der Waals surface area (Å²) >= 11 is 4.94. The van der Waals surface area contributed by atoms with Crippen LogP contribution in [-0.4, -0.2) is 15.2 Å². The van der Waals surface area contributed by atoms with Gasteiger partial charge in [-0.3, -0.25) is 0 Å². The van der Waals surface area contributed by atoms with Crippen molar-refractivity contribution in [3.63, 3.8) is 0 Å². The van der Waals surface area contributed by atoms with Crippen molar-refractivity contribution in [1.29, 1.82) is 0 Å². The maximum Gasteiger partial charge on any atom is 0.249 e. The molecule has 0 spiro atoms. The van der Waals surface area contributed by atoms with E-state index in [4.69, 9.17) is 22.7 Å². The zero-order valence-corrected chi connectivity index (χ0v) is 10.8. The summed E-state index contributed by atoms with van der Waals surface area (Å²) in [4.78, 5) is 0.241. The summed E-state index contributed by atoms with van der Waals surface area (Å²) in [6, 6.07) is 9.47. The van der Waals surface area contributed by atoms with E-state index in [1.165, 1.54) is 11.8 Å². The molecule has 2 rings (SSSR count). The molecule has 0 saturated heterocycles. The fourth-order valence-electron chi connectivity index (χ4n) is 1.49. The molecule has 1 heterocycles. The standard InChI is InChI=1S/C13H13N3OS/c1-2-9-3-5-10(6-4-9)17-13-11(12(14)18)7-8-15-16-13/h3-8H,2H2,1H3,(H2,14,18). The van der Waals surface area contributed by atoms with Crippen LogP contribution in [-0.2, 0) is 6.42 Å². The maximum absolute atomic E-state index is 5.63. The Morgan fingerprint density at radius 1 is 1.28 bits per heavy atom. The first-order valence-corrected chi connectivity index (χ1v) is 6.00. The number of nitrogens with two attached hydrogens (primary N) is 1. The van der Waals surface area contributed by atoms with Gasteiger partial charge < -0.3 is 10.5 Å². The van der Waals surface area contributed by atoms with Crippen molar-refractivity contribution in [3.05, 3.63) is 47.7 Å². The Morgan fingerprint density at radius 2 is 2.00 bits per heavy atom. The van der Waals surface area contributed by atoms with Crippen LogP contribution in [0.15, 0.2) is 36.5 Å². The molecule has 0 atom stereocenters. The summed E-state index contributed by atoms with van der Waals surface area (Å²) in [6.07, 6.45) is 2.52. The maximum atomic E-state index is 5.63. The van der Waals surface area contributed by atoms with Gasteiger partial charge in [0.25, 0.3) is 0 Å². The van der Waals surface area contributed by atoms with Gasteiger partial charge in [-0.1, -0.05) is 31.3 Å². The quantitative estimate of drug-likeness (QED) is 0.855. The molecule has 0 fully saturated rings. The minimum Gasteiger partial charge on any atom is -0.437 e. The number of thiocarbonyl (C=S) groups is 1. The molecule has 2 aromatic rings. The van der Waals surface area contributed by atoms with Crippen LogP contribution in [0.5, 0.6) is 11.6 Å². The second-order valence-electron chi connectivity index (χ2n) is 3.71. The molecule has 0 unspecified atom stereocenters. The van der Waals surface area contributed by atoms with Gasteiger partial charge in [0.15, 0.2) is 0 Å². The summed E-state index contributed by atoms with van der Waals surface area (Å²) in [5.41, 5.74) is 7.43. The molecule has 4 nitrogen and oxygen atoms in total. The molecule has 1 aromatic heterocycles. The number of aromatic nitrogens is 2. The van der Waals surface area contributed by atoms with Gasteiger partial charge in [-0.25, -0.2) is 0 Å². The van der Waals surface area contributed by atoms with E-state index in [2.05, 4.69) is 17.1 Å². The second kappa shape index (κ2) is 5.55. The van der Waals surface area contributed by atoms with Gasteiger partial charge in [0.05, 0.1) is 11.8 Å². The van der Waals surface area contributed by atoms with Crippen LogP contribution in [0.1, 0.15) is 18.1 Å². The number of ether oxygens (including phenoxy) is 1. The first-order chi connectivity index (χ1) is 8.70. The molecule has 0 aliphatic heterocycles. The first kappa shape index (κ1) is 12.4. The Kier molecular flexibility index (Phi) is 3.84. The fourth-order valence-corrected chi connectivity index (χ4v) is 1.64. The van der Waals surface area contributed by atoms with E-state index in [9.17, 15) is 0 Å². The van der Waals surface area contributed by atoms with E-state index in [1.807, 2.05) is 24.3 Å². The van der Waals surface area contributed by atoms with Gasteiger partial charge in [-0.2, -0.15) is 5.10 Å². The summed E-state index contributed by atoms with van der Waals surface area (Å²) in [7, 11) is 0. The third-order valence-electron chi connectivity index (χ3n) is 2.50. The van der Waals surface area contributed by atoms with Gasteiger partial charge in [0.2, 0.25) is 5.88 Å². The minimum atomic E-state index is 0.241. The Morgan fingerprint density at radius 3 is 2.61 bits per heavy atom. The molecule has 1 aromatic carbocycles. The van der Waals surface area contributed by atoms with Crippen LogP contribution in [0, 0.1) is 0 Å². The lowest BCUT2D eigenvalue weighted by Crippen LogP contribution is -2.12. The number of hydrogen-bond donors (Lipinski definition) is 1. The highest BCUT2D eigenvalue weighted by Gasteiger charge is 2.09. The largest absolute Gasteiger partial charge is 0.437 e. The molecule has 0 saturated carbocycles. The molecule has 2 N–H and O–H groups in total. The third kappa shape index (κ3) is 2.81. The summed E-state index contributed by atoms with van der Waals surface area (Å²) in [6.45, 7) is 2.10. The summed E-state index contributed by atoms with van der Waals surface area (Å²) < 4.78 is 5.63. The Hall–Kier alpha value is -2.01. The molecule has 0 aliphatic carbocycles. The van der Waals surface area contributed by atoms with E-state index in [0.29, 0.717) is 17.2 Å². The topological polar surface area (TPSA) is 61.0 Å². The molecule has 0 bridgehead atoms. The van der Waals surface area contributed by atoms with Crippen molar-refractivity contribution in [2.75, 3.05) is 0 Å². The summed E-state index contributed by atoms with van der Waals surface area (Å²) in [5.74, 6) is 1.01. The van der Waals surface area contributed by atoms with E-state index in [0.717, 1.165) is 6.42 Å². The molecular weight excluding hydrogens is 246 g/mol. The van der Waals surface area contributed by atoms with E-state index < -0.39 is 0 Å². The van der Waals surface area contributed by atoms with Crippen molar-refractivity contribution in [1.82, 2.24) is 10.2 Å². The van der Waals surface area contributed by atoms with Crippen LogP contribution >= 0.6 is 12.2 Å². The van der Waals surface area contributed by atoms with E-state index >= 15 is 0 Å². The normalized spacial score (nSPS) is 10.1. The number of rotatable bonds is 4. The number of nitrogens with zero attached hydrogens (tertiary/aromatic N) is 2. The van der Waals surface area contributed by atoms with Crippen molar-refractivity contribution < 1.29 is 4.74 Å². The molecule has 18 heavy (non-hydrogen) atoms. The van der Waals surface area contributed by atoms with Gasteiger partial charge in [0.1, 0.15) is 10.7 Å².